The Hall–Kier alpha value is -3.72. The number of carbonyl (C=O) groups is 1. The van der Waals surface area contributed by atoms with Gasteiger partial charge in [0.25, 0.3) is 5.78 Å². The van der Waals surface area contributed by atoms with Crippen molar-refractivity contribution in [2.75, 3.05) is 13.2 Å². The number of rotatable bonds is 9. The zero-order chi connectivity index (χ0) is 21.6. The SMILES string of the molecule is CCCC(=O)c1cnc2nnc(Cc3cccc(-c4ncc(OCCO)cn4)c3)n2c1. The Balaban J connectivity index is 1.57. The summed E-state index contributed by atoms with van der Waals surface area (Å²) in [7, 11) is 0. The zero-order valence-corrected chi connectivity index (χ0v) is 17.1. The van der Waals surface area contributed by atoms with Crippen LogP contribution in [0.5, 0.6) is 5.75 Å². The van der Waals surface area contributed by atoms with Crippen LogP contribution in [-0.4, -0.2) is 53.7 Å². The van der Waals surface area contributed by atoms with Crippen molar-refractivity contribution in [2.24, 2.45) is 0 Å². The number of Topliss-reactive ketones (excluding diaryl/α,β-unsaturated/α-hetero) is 1. The van der Waals surface area contributed by atoms with Crippen molar-refractivity contribution < 1.29 is 14.6 Å². The molecular formula is C22H22N6O3. The van der Waals surface area contributed by atoms with Crippen LogP contribution in [0.4, 0.5) is 0 Å². The molecule has 4 rings (SSSR count). The number of hydrogen-bond acceptors (Lipinski definition) is 8. The van der Waals surface area contributed by atoms with Gasteiger partial charge in [-0.05, 0) is 18.1 Å². The van der Waals surface area contributed by atoms with E-state index in [-0.39, 0.29) is 19.0 Å². The molecule has 0 aliphatic carbocycles. The van der Waals surface area contributed by atoms with Gasteiger partial charge in [-0.2, -0.15) is 0 Å². The molecule has 0 aliphatic rings. The summed E-state index contributed by atoms with van der Waals surface area (Å²) in [6, 6.07) is 7.84. The lowest BCUT2D eigenvalue weighted by Crippen LogP contribution is -2.04. The number of ketones is 1. The van der Waals surface area contributed by atoms with Gasteiger partial charge in [0.15, 0.2) is 17.4 Å². The van der Waals surface area contributed by atoms with E-state index in [1.165, 1.54) is 0 Å². The van der Waals surface area contributed by atoms with Gasteiger partial charge in [0.2, 0.25) is 0 Å². The third-order valence-electron chi connectivity index (χ3n) is 4.67. The van der Waals surface area contributed by atoms with Gasteiger partial charge in [0, 0.05) is 30.8 Å². The molecule has 0 spiro atoms. The molecule has 31 heavy (non-hydrogen) atoms. The minimum Gasteiger partial charge on any atom is -0.488 e. The molecule has 0 bridgehead atoms. The topological polar surface area (TPSA) is 115 Å². The molecule has 0 unspecified atom stereocenters. The lowest BCUT2D eigenvalue weighted by Gasteiger charge is -2.06. The van der Waals surface area contributed by atoms with Crippen LogP contribution in [0.2, 0.25) is 0 Å². The summed E-state index contributed by atoms with van der Waals surface area (Å²) in [6.07, 6.45) is 8.26. The Morgan fingerprint density at radius 3 is 2.74 bits per heavy atom. The van der Waals surface area contributed by atoms with Crippen LogP contribution in [0.1, 0.15) is 41.5 Å². The summed E-state index contributed by atoms with van der Waals surface area (Å²) in [5.41, 5.74) is 2.42. The Kier molecular flexibility index (Phi) is 6.23. The van der Waals surface area contributed by atoms with E-state index < -0.39 is 0 Å². The molecule has 3 heterocycles. The molecule has 0 atom stereocenters. The van der Waals surface area contributed by atoms with E-state index in [1.807, 2.05) is 31.2 Å². The maximum Gasteiger partial charge on any atom is 0.254 e. The average molecular weight is 418 g/mol. The van der Waals surface area contributed by atoms with Crippen molar-refractivity contribution in [3.8, 4) is 17.1 Å². The monoisotopic (exact) mass is 418 g/mol. The first-order chi connectivity index (χ1) is 15.2. The van der Waals surface area contributed by atoms with E-state index in [0.29, 0.717) is 41.6 Å². The van der Waals surface area contributed by atoms with Crippen molar-refractivity contribution >= 4 is 11.6 Å². The maximum absolute atomic E-state index is 12.2. The van der Waals surface area contributed by atoms with Crippen molar-refractivity contribution in [1.82, 2.24) is 29.5 Å². The summed E-state index contributed by atoms with van der Waals surface area (Å²) in [5.74, 6) is 2.28. The highest BCUT2D eigenvalue weighted by molar-refractivity contribution is 5.95. The van der Waals surface area contributed by atoms with Crippen molar-refractivity contribution in [3.63, 3.8) is 0 Å². The predicted molar refractivity (Wildman–Crippen MR) is 113 cm³/mol. The maximum atomic E-state index is 12.2. The second-order valence-corrected chi connectivity index (χ2v) is 6.99. The van der Waals surface area contributed by atoms with E-state index in [0.717, 1.165) is 17.5 Å². The summed E-state index contributed by atoms with van der Waals surface area (Å²) in [5, 5.41) is 17.2. The van der Waals surface area contributed by atoms with E-state index in [4.69, 9.17) is 9.84 Å². The van der Waals surface area contributed by atoms with Crippen LogP contribution in [0.15, 0.2) is 49.1 Å². The lowest BCUT2D eigenvalue weighted by molar-refractivity contribution is 0.0981. The second-order valence-electron chi connectivity index (χ2n) is 6.99. The molecule has 4 aromatic rings. The number of aliphatic hydroxyl groups excluding tert-OH is 1. The summed E-state index contributed by atoms with van der Waals surface area (Å²) in [4.78, 5) is 25.2. The van der Waals surface area contributed by atoms with Crippen LogP contribution >= 0.6 is 0 Å². The minimum absolute atomic E-state index is 0.0575. The van der Waals surface area contributed by atoms with Gasteiger partial charge >= 0.3 is 0 Å². The van der Waals surface area contributed by atoms with Gasteiger partial charge in [0.1, 0.15) is 12.4 Å². The highest BCUT2D eigenvalue weighted by Gasteiger charge is 2.12. The number of aromatic nitrogens is 6. The molecule has 0 radical (unpaired) electrons. The van der Waals surface area contributed by atoms with Gasteiger partial charge in [0.05, 0.1) is 24.6 Å². The summed E-state index contributed by atoms with van der Waals surface area (Å²) < 4.78 is 7.06. The molecule has 9 heteroatoms. The fraction of sp³-hybridized carbons (Fsp3) is 0.273. The second kappa shape index (κ2) is 9.40. The van der Waals surface area contributed by atoms with Gasteiger partial charge in [-0.25, -0.2) is 15.0 Å². The Morgan fingerprint density at radius 1 is 1.13 bits per heavy atom. The smallest absolute Gasteiger partial charge is 0.254 e. The fourth-order valence-electron chi connectivity index (χ4n) is 3.18. The minimum atomic E-state index is -0.0646. The predicted octanol–water partition coefficient (Wildman–Crippen LogP) is 2.53. The zero-order valence-electron chi connectivity index (χ0n) is 17.1. The van der Waals surface area contributed by atoms with Crippen molar-refractivity contribution in [1.29, 1.82) is 0 Å². The largest absolute Gasteiger partial charge is 0.488 e. The fourth-order valence-corrected chi connectivity index (χ4v) is 3.18. The molecule has 1 N–H and O–H groups in total. The third-order valence-corrected chi connectivity index (χ3v) is 4.67. The first kappa shape index (κ1) is 20.5. The standard InChI is InChI=1S/C22H22N6O3/c1-2-4-19(30)17-11-25-22-27-26-20(28(22)14-17)10-15-5-3-6-16(9-15)21-23-12-18(13-24-21)31-8-7-29/h3,5-6,9,11-14,29H,2,4,7-8,10H2,1H3. The van der Waals surface area contributed by atoms with E-state index in [9.17, 15) is 4.79 Å². The van der Waals surface area contributed by atoms with Gasteiger partial charge in [-0.1, -0.05) is 25.1 Å². The van der Waals surface area contributed by atoms with Crippen LogP contribution in [-0.2, 0) is 6.42 Å². The number of benzene rings is 1. The first-order valence-electron chi connectivity index (χ1n) is 10.1. The number of fused-ring (bicyclic) bond motifs is 1. The number of carbonyl (C=O) groups excluding carboxylic acids is 1. The Labute approximate surface area is 178 Å². The molecule has 0 aliphatic heterocycles. The van der Waals surface area contributed by atoms with Gasteiger partial charge in [-0.15, -0.1) is 10.2 Å². The van der Waals surface area contributed by atoms with Crippen LogP contribution in [0.25, 0.3) is 17.2 Å². The highest BCUT2D eigenvalue weighted by atomic mass is 16.5. The molecular weight excluding hydrogens is 396 g/mol. The molecule has 9 nitrogen and oxygen atoms in total. The normalized spacial score (nSPS) is 11.0. The number of hydrogen-bond donors (Lipinski definition) is 1. The van der Waals surface area contributed by atoms with E-state index in [1.54, 1.807) is 29.2 Å². The third kappa shape index (κ3) is 4.72. The summed E-state index contributed by atoms with van der Waals surface area (Å²) in [6.45, 7) is 2.11. The molecule has 158 valence electrons. The quantitative estimate of drug-likeness (QED) is 0.412. The number of aliphatic hydroxyl groups is 1. The lowest BCUT2D eigenvalue weighted by atomic mass is 10.1. The number of ether oxygens (including phenoxy) is 1. The number of nitrogens with zero attached hydrogens (tertiary/aromatic N) is 6. The highest BCUT2D eigenvalue weighted by Crippen LogP contribution is 2.20. The average Bonchev–Trinajstić information content (AvgIpc) is 3.20. The first-order valence-corrected chi connectivity index (χ1v) is 10.1. The van der Waals surface area contributed by atoms with Crippen molar-refractivity contribution in [3.05, 3.63) is 66.0 Å². The van der Waals surface area contributed by atoms with Crippen molar-refractivity contribution in [2.45, 2.75) is 26.2 Å². The molecule has 3 aromatic heterocycles. The van der Waals surface area contributed by atoms with E-state index in [2.05, 4.69) is 25.1 Å². The summed E-state index contributed by atoms with van der Waals surface area (Å²) >= 11 is 0. The molecule has 0 saturated heterocycles. The Bertz CT molecular complexity index is 1190. The van der Waals surface area contributed by atoms with Gasteiger partial charge in [-0.3, -0.25) is 9.20 Å². The van der Waals surface area contributed by atoms with Crippen LogP contribution < -0.4 is 4.74 Å². The van der Waals surface area contributed by atoms with Crippen LogP contribution in [0.3, 0.4) is 0 Å². The molecule has 0 amide bonds. The van der Waals surface area contributed by atoms with Gasteiger partial charge < -0.3 is 9.84 Å². The van der Waals surface area contributed by atoms with Crippen LogP contribution in [0, 0.1) is 0 Å². The Morgan fingerprint density at radius 2 is 1.97 bits per heavy atom. The molecule has 0 fully saturated rings. The van der Waals surface area contributed by atoms with E-state index >= 15 is 0 Å². The molecule has 1 aromatic carbocycles. The molecule has 0 saturated carbocycles.